The lowest BCUT2D eigenvalue weighted by atomic mass is 10.1. The lowest BCUT2D eigenvalue weighted by Crippen LogP contribution is -2.48. The van der Waals surface area contributed by atoms with Crippen molar-refractivity contribution in [2.45, 2.75) is 11.8 Å². The van der Waals surface area contributed by atoms with Crippen molar-refractivity contribution in [1.82, 2.24) is 9.29 Å². The zero-order valence-corrected chi connectivity index (χ0v) is 18.8. The standard InChI is InChI=1S/C22H23N3O4S2/c1-16-2-4-17(5-3-16)19-15-30-22(23-19)24-8-10-25(11-9-24)31(26,27)18-6-7-20-21(14-18)29-13-12-28-20/h2-7,14-15H,8-13H2,1H3. The number of nitrogens with zero attached hydrogens (tertiary/aromatic N) is 3. The third-order valence-corrected chi connectivity index (χ3v) is 8.30. The van der Waals surface area contributed by atoms with Crippen LogP contribution in [0.15, 0.2) is 52.7 Å². The lowest BCUT2D eigenvalue weighted by molar-refractivity contribution is 0.171. The summed E-state index contributed by atoms with van der Waals surface area (Å²) in [6.07, 6.45) is 0. The van der Waals surface area contributed by atoms with E-state index in [1.807, 2.05) is 0 Å². The highest BCUT2D eigenvalue weighted by atomic mass is 32.2. The highest BCUT2D eigenvalue weighted by Crippen LogP contribution is 2.34. The molecule has 3 heterocycles. The van der Waals surface area contributed by atoms with E-state index in [4.69, 9.17) is 14.5 Å². The maximum absolute atomic E-state index is 13.1. The van der Waals surface area contributed by atoms with Crippen molar-refractivity contribution in [1.29, 1.82) is 0 Å². The van der Waals surface area contributed by atoms with Crippen LogP contribution >= 0.6 is 11.3 Å². The summed E-state index contributed by atoms with van der Waals surface area (Å²) in [6, 6.07) is 13.1. The first-order chi connectivity index (χ1) is 15.0. The van der Waals surface area contributed by atoms with Gasteiger partial charge >= 0.3 is 0 Å². The Labute approximate surface area is 185 Å². The number of hydrogen-bond donors (Lipinski definition) is 0. The Morgan fingerprint density at radius 2 is 1.65 bits per heavy atom. The smallest absolute Gasteiger partial charge is 0.243 e. The molecule has 0 amide bonds. The van der Waals surface area contributed by atoms with Crippen LogP contribution in [0.4, 0.5) is 5.13 Å². The van der Waals surface area contributed by atoms with Gasteiger partial charge in [-0.2, -0.15) is 4.31 Å². The number of anilines is 1. The Kier molecular flexibility index (Phi) is 5.33. The molecule has 2 aromatic carbocycles. The van der Waals surface area contributed by atoms with Gasteiger partial charge in [0.05, 0.1) is 10.6 Å². The van der Waals surface area contributed by atoms with Crippen molar-refractivity contribution in [2.24, 2.45) is 0 Å². The summed E-state index contributed by atoms with van der Waals surface area (Å²) in [6.45, 7) is 4.99. The molecule has 0 atom stereocenters. The van der Waals surface area contributed by atoms with Gasteiger partial charge in [-0.05, 0) is 19.1 Å². The van der Waals surface area contributed by atoms with Gasteiger partial charge in [0.15, 0.2) is 16.6 Å². The van der Waals surface area contributed by atoms with Gasteiger partial charge in [-0.15, -0.1) is 11.3 Å². The molecule has 3 aromatic rings. The molecule has 1 aromatic heterocycles. The highest BCUT2D eigenvalue weighted by Gasteiger charge is 2.30. The van der Waals surface area contributed by atoms with Crippen LogP contribution in [0.1, 0.15) is 5.56 Å². The topological polar surface area (TPSA) is 72.0 Å². The van der Waals surface area contributed by atoms with Gasteiger partial charge in [0.2, 0.25) is 10.0 Å². The molecular weight excluding hydrogens is 434 g/mol. The first kappa shape index (κ1) is 20.3. The second kappa shape index (κ2) is 8.14. The first-order valence-corrected chi connectivity index (χ1v) is 12.5. The Balaban J connectivity index is 1.27. The maximum atomic E-state index is 13.1. The molecule has 0 spiro atoms. The minimum absolute atomic E-state index is 0.237. The summed E-state index contributed by atoms with van der Waals surface area (Å²) in [7, 11) is -3.59. The van der Waals surface area contributed by atoms with Crippen LogP contribution in [0.25, 0.3) is 11.3 Å². The minimum atomic E-state index is -3.59. The number of sulfonamides is 1. The molecule has 7 nitrogen and oxygen atoms in total. The molecule has 2 aliphatic heterocycles. The normalized spacial score (nSPS) is 17.0. The zero-order valence-electron chi connectivity index (χ0n) is 17.2. The van der Waals surface area contributed by atoms with Crippen LogP contribution in [0.3, 0.4) is 0 Å². The Bertz CT molecular complexity index is 1180. The number of rotatable bonds is 4. The Morgan fingerprint density at radius 3 is 2.39 bits per heavy atom. The Morgan fingerprint density at radius 1 is 0.935 bits per heavy atom. The number of ether oxygens (including phenoxy) is 2. The van der Waals surface area contributed by atoms with Crippen molar-refractivity contribution >= 4 is 26.5 Å². The molecule has 162 valence electrons. The number of hydrogen-bond acceptors (Lipinski definition) is 7. The average Bonchev–Trinajstić information content (AvgIpc) is 3.29. The average molecular weight is 458 g/mol. The zero-order chi connectivity index (χ0) is 21.4. The predicted molar refractivity (Wildman–Crippen MR) is 121 cm³/mol. The number of benzene rings is 2. The fourth-order valence-corrected chi connectivity index (χ4v) is 6.05. The van der Waals surface area contributed by atoms with Gasteiger partial charge in [0, 0.05) is 43.2 Å². The van der Waals surface area contributed by atoms with Crippen LogP contribution in [-0.2, 0) is 10.0 Å². The van der Waals surface area contributed by atoms with Crippen LogP contribution < -0.4 is 14.4 Å². The molecular formula is C22H23N3O4S2. The van der Waals surface area contributed by atoms with E-state index in [0.29, 0.717) is 50.9 Å². The lowest BCUT2D eigenvalue weighted by Gasteiger charge is -2.34. The van der Waals surface area contributed by atoms with E-state index in [1.165, 1.54) is 9.87 Å². The predicted octanol–water partition coefficient (Wildman–Crippen LogP) is 3.40. The summed E-state index contributed by atoms with van der Waals surface area (Å²) < 4.78 is 38.8. The van der Waals surface area contributed by atoms with Gasteiger partial charge in [-0.3, -0.25) is 0 Å². The fraction of sp³-hybridized carbons (Fsp3) is 0.318. The summed E-state index contributed by atoms with van der Waals surface area (Å²) >= 11 is 1.59. The van der Waals surface area contributed by atoms with Crippen LogP contribution in [-0.4, -0.2) is 57.1 Å². The SMILES string of the molecule is Cc1ccc(-c2csc(N3CCN(S(=O)(=O)c4ccc5c(c4)OCCO5)CC3)n2)cc1. The van der Waals surface area contributed by atoms with Crippen molar-refractivity contribution in [2.75, 3.05) is 44.3 Å². The summed E-state index contributed by atoms with van der Waals surface area (Å²) in [5, 5.41) is 2.98. The fourth-order valence-electron chi connectivity index (χ4n) is 3.72. The third kappa shape index (κ3) is 4.00. The number of thiazole rings is 1. The van der Waals surface area contributed by atoms with Crippen LogP contribution in [0.2, 0.25) is 0 Å². The molecule has 0 unspecified atom stereocenters. The highest BCUT2D eigenvalue weighted by molar-refractivity contribution is 7.89. The van der Waals surface area contributed by atoms with E-state index < -0.39 is 10.0 Å². The molecule has 5 rings (SSSR count). The molecule has 2 aliphatic rings. The number of fused-ring (bicyclic) bond motifs is 1. The monoisotopic (exact) mass is 457 g/mol. The minimum Gasteiger partial charge on any atom is -0.486 e. The van der Waals surface area contributed by atoms with Gasteiger partial charge in [-0.1, -0.05) is 29.8 Å². The van der Waals surface area contributed by atoms with Gasteiger partial charge < -0.3 is 14.4 Å². The van der Waals surface area contributed by atoms with E-state index in [0.717, 1.165) is 16.4 Å². The van der Waals surface area contributed by atoms with E-state index >= 15 is 0 Å². The largest absolute Gasteiger partial charge is 0.486 e. The van der Waals surface area contributed by atoms with Crippen molar-refractivity contribution in [3.63, 3.8) is 0 Å². The van der Waals surface area contributed by atoms with Gasteiger partial charge in [-0.25, -0.2) is 13.4 Å². The quantitative estimate of drug-likeness (QED) is 0.598. The molecule has 0 aliphatic carbocycles. The second-order valence-electron chi connectivity index (χ2n) is 7.58. The van der Waals surface area contributed by atoms with E-state index in [-0.39, 0.29) is 4.90 Å². The first-order valence-electron chi connectivity index (χ1n) is 10.2. The molecule has 9 heteroatoms. The van der Waals surface area contributed by atoms with Crippen LogP contribution in [0.5, 0.6) is 11.5 Å². The summed E-state index contributed by atoms with van der Waals surface area (Å²) in [5.74, 6) is 1.07. The molecule has 1 saturated heterocycles. The summed E-state index contributed by atoms with van der Waals surface area (Å²) in [5.41, 5.74) is 3.26. The van der Waals surface area contributed by atoms with Crippen molar-refractivity contribution < 1.29 is 17.9 Å². The van der Waals surface area contributed by atoms with Gasteiger partial charge in [0.25, 0.3) is 0 Å². The van der Waals surface area contributed by atoms with Gasteiger partial charge in [0.1, 0.15) is 13.2 Å². The second-order valence-corrected chi connectivity index (χ2v) is 10.4. The van der Waals surface area contributed by atoms with Crippen LogP contribution in [0, 0.1) is 6.92 Å². The number of aromatic nitrogens is 1. The van der Waals surface area contributed by atoms with Crippen molar-refractivity contribution in [3.8, 4) is 22.8 Å². The van der Waals surface area contributed by atoms with Crippen molar-refractivity contribution in [3.05, 3.63) is 53.4 Å². The maximum Gasteiger partial charge on any atom is 0.243 e. The van der Waals surface area contributed by atoms with E-state index in [9.17, 15) is 8.42 Å². The molecule has 0 bridgehead atoms. The molecule has 1 fully saturated rings. The molecule has 0 saturated carbocycles. The molecule has 31 heavy (non-hydrogen) atoms. The Hall–Kier alpha value is -2.62. The van der Waals surface area contributed by atoms with E-state index in [1.54, 1.807) is 29.5 Å². The molecule has 0 radical (unpaired) electrons. The number of piperazine rings is 1. The third-order valence-electron chi connectivity index (χ3n) is 5.50. The molecule has 0 N–H and O–H groups in total. The summed E-state index contributed by atoms with van der Waals surface area (Å²) in [4.78, 5) is 7.16. The number of aryl methyl sites for hydroxylation is 1. The van der Waals surface area contributed by atoms with E-state index in [2.05, 4.69) is 41.5 Å².